The van der Waals surface area contributed by atoms with Gasteiger partial charge in [-0.05, 0) is 37.8 Å². The largest absolute Gasteiger partial charge is 0.347 e. The van der Waals surface area contributed by atoms with Crippen LogP contribution in [0.5, 0.6) is 0 Å². The molecule has 21 heavy (non-hydrogen) atoms. The van der Waals surface area contributed by atoms with Gasteiger partial charge in [-0.3, -0.25) is 5.10 Å². The molecule has 7 nitrogen and oxygen atoms in total. The SMILES string of the molecule is CC(Nc1nc(Cl)nc(N2CCCCC2)n1)c1cn[nH]c1. The molecule has 112 valence electrons. The highest BCUT2D eigenvalue weighted by atomic mass is 35.5. The molecule has 1 saturated heterocycles. The molecule has 2 N–H and O–H groups in total. The van der Waals surface area contributed by atoms with Gasteiger partial charge in [-0.15, -0.1) is 0 Å². The van der Waals surface area contributed by atoms with Crippen molar-refractivity contribution in [2.75, 3.05) is 23.3 Å². The smallest absolute Gasteiger partial charge is 0.231 e. The van der Waals surface area contributed by atoms with Crippen molar-refractivity contribution in [1.29, 1.82) is 0 Å². The maximum absolute atomic E-state index is 6.03. The Morgan fingerprint density at radius 1 is 1.24 bits per heavy atom. The summed E-state index contributed by atoms with van der Waals surface area (Å²) in [6, 6.07) is 0.0384. The molecule has 1 aliphatic heterocycles. The van der Waals surface area contributed by atoms with Gasteiger partial charge in [0.25, 0.3) is 0 Å². The van der Waals surface area contributed by atoms with Gasteiger partial charge in [0.2, 0.25) is 17.2 Å². The molecule has 0 aliphatic carbocycles. The molecule has 3 heterocycles. The molecule has 0 amide bonds. The van der Waals surface area contributed by atoms with Gasteiger partial charge in [-0.25, -0.2) is 0 Å². The van der Waals surface area contributed by atoms with Crippen molar-refractivity contribution in [3.05, 3.63) is 23.2 Å². The Labute approximate surface area is 128 Å². The summed E-state index contributed by atoms with van der Waals surface area (Å²) in [7, 11) is 0. The first-order valence-electron chi connectivity index (χ1n) is 7.14. The monoisotopic (exact) mass is 307 g/mol. The summed E-state index contributed by atoms with van der Waals surface area (Å²) in [5, 5.41) is 10.2. The summed E-state index contributed by atoms with van der Waals surface area (Å²) in [5.41, 5.74) is 1.03. The van der Waals surface area contributed by atoms with E-state index in [2.05, 4.69) is 35.4 Å². The van der Waals surface area contributed by atoms with Crippen LogP contribution >= 0.6 is 11.6 Å². The van der Waals surface area contributed by atoms with Crippen LogP contribution in [-0.2, 0) is 0 Å². The minimum atomic E-state index is 0.0384. The van der Waals surface area contributed by atoms with Gasteiger partial charge in [-0.1, -0.05) is 0 Å². The van der Waals surface area contributed by atoms with Crippen molar-refractivity contribution < 1.29 is 0 Å². The van der Waals surface area contributed by atoms with Gasteiger partial charge in [-0.2, -0.15) is 20.1 Å². The zero-order valence-corrected chi connectivity index (χ0v) is 12.6. The van der Waals surface area contributed by atoms with Gasteiger partial charge >= 0.3 is 0 Å². The molecule has 0 saturated carbocycles. The number of aromatic nitrogens is 5. The number of aromatic amines is 1. The molecule has 2 aromatic heterocycles. The Balaban J connectivity index is 1.77. The van der Waals surface area contributed by atoms with Crippen LogP contribution in [0.4, 0.5) is 11.9 Å². The number of anilines is 2. The first kappa shape index (κ1) is 14.1. The molecule has 0 radical (unpaired) electrons. The highest BCUT2D eigenvalue weighted by molar-refractivity contribution is 6.28. The van der Waals surface area contributed by atoms with E-state index in [1.54, 1.807) is 6.20 Å². The maximum Gasteiger partial charge on any atom is 0.231 e. The molecule has 1 unspecified atom stereocenters. The Kier molecular flexibility index (Phi) is 4.19. The molecule has 0 bridgehead atoms. The Bertz CT molecular complexity index is 580. The summed E-state index contributed by atoms with van der Waals surface area (Å²) < 4.78 is 0. The fourth-order valence-electron chi connectivity index (χ4n) is 2.41. The van der Waals surface area contributed by atoms with Crippen LogP contribution in [-0.4, -0.2) is 38.2 Å². The third-order valence-corrected chi connectivity index (χ3v) is 3.77. The predicted molar refractivity (Wildman–Crippen MR) is 81.5 cm³/mol. The number of hydrogen-bond acceptors (Lipinski definition) is 6. The maximum atomic E-state index is 6.03. The van der Waals surface area contributed by atoms with Crippen molar-refractivity contribution in [2.45, 2.75) is 32.2 Å². The van der Waals surface area contributed by atoms with E-state index < -0.39 is 0 Å². The quantitative estimate of drug-likeness (QED) is 0.902. The van der Waals surface area contributed by atoms with Crippen LogP contribution in [0.2, 0.25) is 5.28 Å². The summed E-state index contributed by atoms with van der Waals surface area (Å²) >= 11 is 6.03. The van der Waals surface area contributed by atoms with Crippen LogP contribution in [0.25, 0.3) is 0 Å². The van der Waals surface area contributed by atoms with Crippen molar-refractivity contribution in [3.8, 4) is 0 Å². The topological polar surface area (TPSA) is 82.6 Å². The van der Waals surface area contributed by atoms with Crippen LogP contribution in [0.3, 0.4) is 0 Å². The van der Waals surface area contributed by atoms with E-state index in [1.807, 2.05) is 13.1 Å². The van der Waals surface area contributed by atoms with E-state index in [1.165, 1.54) is 6.42 Å². The van der Waals surface area contributed by atoms with E-state index >= 15 is 0 Å². The number of rotatable bonds is 4. The number of nitrogens with zero attached hydrogens (tertiary/aromatic N) is 5. The number of H-pyrrole nitrogens is 1. The lowest BCUT2D eigenvalue weighted by atomic mass is 10.1. The molecule has 1 atom stereocenters. The van der Waals surface area contributed by atoms with Crippen molar-refractivity contribution >= 4 is 23.5 Å². The van der Waals surface area contributed by atoms with E-state index in [9.17, 15) is 0 Å². The lowest BCUT2D eigenvalue weighted by Crippen LogP contribution is -2.31. The second-order valence-corrected chi connectivity index (χ2v) is 5.51. The number of halogens is 1. The highest BCUT2D eigenvalue weighted by Gasteiger charge is 2.17. The number of piperidine rings is 1. The van der Waals surface area contributed by atoms with Crippen molar-refractivity contribution in [1.82, 2.24) is 25.1 Å². The van der Waals surface area contributed by atoms with E-state index in [-0.39, 0.29) is 11.3 Å². The van der Waals surface area contributed by atoms with E-state index in [0.717, 1.165) is 31.5 Å². The Morgan fingerprint density at radius 2 is 2.05 bits per heavy atom. The molecule has 8 heteroatoms. The average molecular weight is 308 g/mol. The molecule has 1 aliphatic rings. The van der Waals surface area contributed by atoms with Gasteiger partial charge in [0.1, 0.15) is 0 Å². The Morgan fingerprint density at radius 3 is 2.76 bits per heavy atom. The third-order valence-electron chi connectivity index (χ3n) is 3.60. The molecule has 1 fully saturated rings. The van der Waals surface area contributed by atoms with Crippen LogP contribution in [0, 0.1) is 0 Å². The van der Waals surface area contributed by atoms with Crippen LogP contribution < -0.4 is 10.2 Å². The fraction of sp³-hybridized carbons (Fsp3) is 0.538. The van der Waals surface area contributed by atoms with Crippen LogP contribution in [0.15, 0.2) is 12.4 Å². The third kappa shape index (κ3) is 3.41. The van der Waals surface area contributed by atoms with Gasteiger partial charge in [0, 0.05) is 24.8 Å². The lowest BCUT2D eigenvalue weighted by Gasteiger charge is -2.26. The van der Waals surface area contributed by atoms with Crippen LogP contribution in [0.1, 0.15) is 37.8 Å². The zero-order chi connectivity index (χ0) is 14.7. The average Bonchev–Trinajstić information content (AvgIpc) is 3.02. The van der Waals surface area contributed by atoms with Gasteiger partial charge in [0.15, 0.2) is 0 Å². The molecular formula is C13H18ClN7. The number of hydrogen-bond donors (Lipinski definition) is 2. The Hall–Kier alpha value is -1.89. The molecule has 3 rings (SSSR count). The van der Waals surface area contributed by atoms with Crippen molar-refractivity contribution in [3.63, 3.8) is 0 Å². The van der Waals surface area contributed by atoms with E-state index in [0.29, 0.717) is 11.9 Å². The second-order valence-electron chi connectivity index (χ2n) is 5.17. The summed E-state index contributed by atoms with van der Waals surface area (Å²) in [6.45, 7) is 3.96. The minimum Gasteiger partial charge on any atom is -0.347 e. The summed E-state index contributed by atoms with van der Waals surface area (Å²) in [5.74, 6) is 1.14. The molecule has 0 spiro atoms. The van der Waals surface area contributed by atoms with Gasteiger partial charge in [0.05, 0.1) is 12.2 Å². The minimum absolute atomic E-state index is 0.0384. The first-order valence-corrected chi connectivity index (χ1v) is 7.52. The molecule has 0 aromatic carbocycles. The number of nitrogens with one attached hydrogen (secondary N) is 2. The van der Waals surface area contributed by atoms with Crippen molar-refractivity contribution in [2.24, 2.45) is 0 Å². The summed E-state index contributed by atoms with van der Waals surface area (Å²) in [6.07, 6.45) is 7.20. The lowest BCUT2D eigenvalue weighted by molar-refractivity contribution is 0.567. The highest BCUT2D eigenvalue weighted by Crippen LogP contribution is 2.21. The normalized spacial score (nSPS) is 16.8. The standard InChI is InChI=1S/C13H18ClN7/c1-9(10-7-15-16-8-10)17-12-18-11(14)19-13(20-12)21-5-3-2-4-6-21/h7-9H,2-6H2,1H3,(H,15,16)(H,17,18,19,20). The zero-order valence-electron chi connectivity index (χ0n) is 11.9. The molecular weight excluding hydrogens is 290 g/mol. The predicted octanol–water partition coefficient (Wildman–Crippen LogP) is 2.41. The second kappa shape index (κ2) is 6.26. The summed E-state index contributed by atoms with van der Waals surface area (Å²) in [4.78, 5) is 15.0. The molecule has 2 aromatic rings. The first-order chi connectivity index (χ1) is 10.2. The fourth-order valence-corrected chi connectivity index (χ4v) is 2.57. The van der Waals surface area contributed by atoms with Gasteiger partial charge < -0.3 is 10.2 Å². The van der Waals surface area contributed by atoms with E-state index in [4.69, 9.17) is 11.6 Å².